The van der Waals surface area contributed by atoms with Gasteiger partial charge in [0.15, 0.2) is 5.82 Å². The molecule has 0 saturated carbocycles. The number of benzene rings is 1. The fourth-order valence-corrected chi connectivity index (χ4v) is 4.04. The van der Waals surface area contributed by atoms with Gasteiger partial charge in [-0.25, -0.2) is 8.42 Å². The molecule has 0 fully saturated rings. The van der Waals surface area contributed by atoms with Crippen LogP contribution in [-0.4, -0.2) is 46.5 Å². The summed E-state index contributed by atoms with van der Waals surface area (Å²) in [6, 6.07) is 11.2. The second-order valence-electron chi connectivity index (χ2n) is 6.85. The standard InChI is InChI=1S/C20H23N5O3S/c1-15(2)24(3)29(27,28)18-6-4-5-17(13-18)20(26)22-19-9-12-25(23-19)14-16-7-10-21-11-8-16/h4-13,15H,14H2,1-3H3,(H,22,23,26). The van der Waals surface area contributed by atoms with E-state index in [0.717, 1.165) is 5.56 Å². The summed E-state index contributed by atoms with van der Waals surface area (Å²) in [5.74, 6) is -0.0416. The van der Waals surface area contributed by atoms with E-state index in [1.165, 1.54) is 23.5 Å². The Hall–Kier alpha value is -3.04. The third-order valence-corrected chi connectivity index (χ3v) is 6.51. The molecule has 0 bridgehead atoms. The van der Waals surface area contributed by atoms with Gasteiger partial charge in [-0.3, -0.25) is 14.5 Å². The molecule has 1 aromatic carbocycles. The number of aromatic nitrogens is 3. The quantitative estimate of drug-likeness (QED) is 0.642. The monoisotopic (exact) mass is 413 g/mol. The normalized spacial score (nSPS) is 11.8. The summed E-state index contributed by atoms with van der Waals surface area (Å²) < 4.78 is 28.3. The first-order valence-corrected chi connectivity index (χ1v) is 10.5. The molecule has 3 rings (SSSR count). The molecule has 8 nitrogen and oxygen atoms in total. The second-order valence-corrected chi connectivity index (χ2v) is 8.85. The molecule has 0 aliphatic heterocycles. The molecule has 29 heavy (non-hydrogen) atoms. The Balaban J connectivity index is 1.73. The van der Waals surface area contributed by atoms with Crippen molar-refractivity contribution in [2.75, 3.05) is 12.4 Å². The van der Waals surface area contributed by atoms with Crippen molar-refractivity contribution in [1.29, 1.82) is 0 Å². The van der Waals surface area contributed by atoms with Crippen LogP contribution in [0, 0.1) is 0 Å². The molecule has 9 heteroatoms. The number of hydrogen-bond donors (Lipinski definition) is 1. The van der Waals surface area contributed by atoms with E-state index >= 15 is 0 Å². The second kappa shape index (κ2) is 8.54. The molecule has 1 amide bonds. The van der Waals surface area contributed by atoms with Crippen LogP contribution < -0.4 is 5.32 Å². The largest absolute Gasteiger partial charge is 0.305 e. The minimum Gasteiger partial charge on any atom is -0.305 e. The highest BCUT2D eigenvalue weighted by Gasteiger charge is 2.24. The predicted molar refractivity (Wildman–Crippen MR) is 110 cm³/mol. The van der Waals surface area contributed by atoms with E-state index in [-0.39, 0.29) is 16.5 Å². The summed E-state index contributed by atoms with van der Waals surface area (Å²) in [6.07, 6.45) is 5.17. The van der Waals surface area contributed by atoms with Crippen LogP contribution in [-0.2, 0) is 16.6 Å². The van der Waals surface area contributed by atoms with E-state index in [0.29, 0.717) is 12.4 Å². The molecule has 1 N–H and O–H groups in total. The number of sulfonamides is 1. The first-order chi connectivity index (χ1) is 13.8. The van der Waals surface area contributed by atoms with Crippen molar-refractivity contribution in [3.8, 4) is 0 Å². The van der Waals surface area contributed by atoms with Crippen molar-refractivity contribution in [1.82, 2.24) is 19.1 Å². The average molecular weight is 414 g/mol. The lowest BCUT2D eigenvalue weighted by atomic mass is 10.2. The molecule has 152 valence electrons. The van der Waals surface area contributed by atoms with Crippen molar-refractivity contribution in [2.45, 2.75) is 31.3 Å². The highest BCUT2D eigenvalue weighted by molar-refractivity contribution is 7.89. The van der Waals surface area contributed by atoms with Gasteiger partial charge in [-0.05, 0) is 49.7 Å². The Bertz CT molecular complexity index is 1090. The van der Waals surface area contributed by atoms with Gasteiger partial charge in [-0.1, -0.05) is 6.07 Å². The number of carbonyl (C=O) groups is 1. The van der Waals surface area contributed by atoms with Crippen molar-refractivity contribution in [2.24, 2.45) is 0 Å². The number of rotatable bonds is 7. The smallest absolute Gasteiger partial charge is 0.256 e. The molecular weight excluding hydrogens is 390 g/mol. The highest BCUT2D eigenvalue weighted by atomic mass is 32.2. The van der Waals surface area contributed by atoms with Crippen LogP contribution in [0.3, 0.4) is 0 Å². The van der Waals surface area contributed by atoms with Gasteiger partial charge in [-0.15, -0.1) is 0 Å². The van der Waals surface area contributed by atoms with Gasteiger partial charge in [-0.2, -0.15) is 9.40 Å². The molecule has 0 radical (unpaired) electrons. The van der Waals surface area contributed by atoms with Crippen LogP contribution >= 0.6 is 0 Å². The van der Waals surface area contributed by atoms with Gasteiger partial charge in [0.1, 0.15) is 0 Å². The zero-order valence-electron chi connectivity index (χ0n) is 16.5. The highest BCUT2D eigenvalue weighted by Crippen LogP contribution is 2.18. The molecule has 2 aromatic heterocycles. The number of carbonyl (C=O) groups excluding carboxylic acids is 1. The number of pyridine rings is 1. The Kier molecular flexibility index (Phi) is 6.09. The van der Waals surface area contributed by atoms with E-state index in [4.69, 9.17) is 0 Å². The van der Waals surface area contributed by atoms with E-state index in [2.05, 4.69) is 15.4 Å². The third kappa shape index (κ3) is 4.87. The maximum absolute atomic E-state index is 12.7. The summed E-state index contributed by atoms with van der Waals surface area (Å²) >= 11 is 0. The van der Waals surface area contributed by atoms with Gasteiger partial charge in [0, 0.05) is 43.3 Å². The van der Waals surface area contributed by atoms with Gasteiger partial charge in [0.05, 0.1) is 11.4 Å². The van der Waals surface area contributed by atoms with Crippen LogP contribution in [0.5, 0.6) is 0 Å². The van der Waals surface area contributed by atoms with Crippen molar-refractivity contribution < 1.29 is 13.2 Å². The summed E-state index contributed by atoms with van der Waals surface area (Å²) in [6.45, 7) is 4.13. The maximum atomic E-state index is 12.7. The van der Waals surface area contributed by atoms with Crippen LogP contribution in [0.4, 0.5) is 5.82 Å². The Labute approximate surface area is 170 Å². The molecular formula is C20H23N5O3S. The van der Waals surface area contributed by atoms with E-state index in [1.807, 2.05) is 12.1 Å². The summed E-state index contributed by atoms with van der Waals surface area (Å²) in [5.41, 5.74) is 1.28. The zero-order valence-corrected chi connectivity index (χ0v) is 17.3. The first-order valence-electron chi connectivity index (χ1n) is 9.09. The molecule has 0 unspecified atom stereocenters. The predicted octanol–water partition coefficient (Wildman–Crippen LogP) is 2.61. The summed E-state index contributed by atoms with van der Waals surface area (Å²) in [5, 5.41) is 7.03. The number of hydrogen-bond acceptors (Lipinski definition) is 5. The number of nitrogens with one attached hydrogen (secondary N) is 1. The molecule has 0 atom stereocenters. The van der Waals surface area contributed by atoms with Crippen molar-refractivity contribution >= 4 is 21.7 Å². The summed E-state index contributed by atoms with van der Waals surface area (Å²) in [4.78, 5) is 16.6. The van der Waals surface area contributed by atoms with Gasteiger partial charge in [0.25, 0.3) is 5.91 Å². The van der Waals surface area contributed by atoms with Crippen molar-refractivity contribution in [3.05, 3.63) is 72.2 Å². The Morgan fingerprint density at radius 3 is 2.59 bits per heavy atom. The average Bonchev–Trinajstić information content (AvgIpc) is 3.14. The molecule has 2 heterocycles. The van der Waals surface area contributed by atoms with Crippen LogP contribution in [0.25, 0.3) is 0 Å². The van der Waals surface area contributed by atoms with Gasteiger partial charge >= 0.3 is 0 Å². The first kappa shape index (κ1) is 20.7. The molecule has 0 spiro atoms. The lowest BCUT2D eigenvalue weighted by Crippen LogP contribution is -2.33. The zero-order chi connectivity index (χ0) is 21.0. The Morgan fingerprint density at radius 2 is 1.90 bits per heavy atom. The third-order valence-electron chi connectivity index (χ3n) is 4.48. The van der Waals surface area contributed by atoms with Gasteiger partial charge < -0.3 is 5.32 Å². The van der Waals surface area contributed by atoms with Crippen LogP contribution in [0.15, 0.2) is 66.0 Å². The minimum atomic E-state index is -3.67. The van der Waals surface area contributed by atoms with Crippen LogP contribution in [0.1, 0.15) is 29.8 Å². The number of anilines is 1. The van der Waals surface area contributed by atoms with E-state index in [9.17, 15) is 13.2 Å². The molecule has 3 aromatic rings. The van der Waals surface area contributed by atoms with E-state index < -0.39 is 15.9 Å². The number of nitrogens with zero attached hydrogens (tertiary/aromatic N) is 4. The fraction of sp³-hybridized carbons (Fsp3) is 0.250. The van der Waals surface area contributed by atoms with Crippen molar-refractivity contribution in [3.63, 3.8) is 0 Å². The lowest BCUT2D eigenvalue weighted by Gasteiger charge is -2.21. The Morgan fingerprint density at radius 1 is 1.17 bits per heavy atom. The van der Waals surface area contributed by atoms with Crippen LogP contribution in [0.2, 0.25) is 0 Å². The number of amides is 1. The topological polar surface area (TPSA) is 97.2 Å². The molecule has 0 saturated heterocycles. The van der Waals surface area contributed by atoms with E-state index in [1.54, 1.807) is 55.3 Å². The molecule has 0 aliphatic rings. The fourth-order valence-electron chi connectivity index (χ4n) is 2.62. The lowest BCUT2D eigenvalue weighted by molar-refractivity contribution is 0.102. The SMILES string of the molecule is CC(C)N(C)S(=O)(=O)c1cccc(C(=O)Nc2ccn(Cc3ccncc3)n2)c1. The summed E-state index contributed by atoms with van der Waals surface area (Å²) in [7, 11) is -2.15. The minimum absolute atomic E-state index is 0.0737. The molecule has 0 aliphatic carbocycles. The van der Waals surface area contributed by atoms with Gasteiger partial charge in [0.2, 0.25) is 10.0 Å². The maximum Gasteiger partial charge on any atom is 0.256 e.